The van der Waals surface area contributed by atoms with Crippen LogP contribution in [0.1, 0.15) is 21.5 Å². The molecule has 1 unspecified atom stereocenters. The Bertz CT molecular complexity index is 446. The van der Waals surface area contributed by atoms with Gasteiger partial charge in [-0.25, -0.2) is 0 Å². The first-order valence-electron chi connectivity index (χ1n) is 5.20. The lowest BCUT2D eigenvalue weighted by Gasteiger charge is -2.16. The number of nitrogens with two attached hydrogens (primary N) is 1. The predicted octanol–water partition coefficient (Wildman–Crippen LogP) is 1.47. The molecular formula is C12H16ClNO3. The van der Waals surface area contributed by atoms with Gasteiger partial charge in [0.05, 0.1) is 12.7 Å². The summed E-state index contributed by atoms with van der Waals surface area (Å²) in [6, 6.07) is 1.67. The van der Waals surface area contributed by atoms with Crippen molar-refractivity contribution in [1.82, 2.24) is 0 Å². The molecule has 0 aliphatic carbocycles. The van der Waals surface area contributed by atoms with Crippen LogP contribution in [0.3, 0.4) is 0 Å². The van der Waals surface area contributed by atoms with Crippen LogP contribution in [0.25, 0.3) is 0 Å². The summed E-state index contributed by atoms with van der Waals surface area (Å²) in [5.74, 6) is -0.0642. The molecule has 0 heterocycles. The van der Waals surface area contributed by atoms with Crippen LogP contribution in [0.4, 0.5) is 0 Å². The molecule has 1 atom stereocenters. The van der Waals surface area contributed by atoms with Gasteiger partial charge in [0.1, 0.15) is 11.9 Å². The van der Waals surface area contributed by atoms with Gasteiger partial charge >= 0.3 is 0 Å². The smallest absolute Gasteiger partial charge is 0.196 e. The Kier molecular flexibility index (Phi) is 4.51. The largest absolute Gasteiger partial charge is 0.496 e. The highest BCUT2D eigenvalue weighted by Crippen LogP contribution is 2.32. The van der Waals surface area contributed by atoms with E-state index in [1.165, 1.54) is 7.11 Å². The number of aliphatic hydroxyl groups excluding tert-OH is 1. The summed E-state index contributed by atoms with van der Waals surface area (Å²) in [4.78, 5) is 12.0. The molecule has 94 valence electrons. The van der Waals surface area contributed by atoms with Crippen molar-refractivity contribution in [3.8, 4) is 5.75 Å². The molecule has 0 fully saturated rings. The third-order valence-corrected chi connectivity index (χ3v) is 3.22. The molecule has 0 aliphatic rings. The van der Waals surface area contributed by atoms with Gasteiger partial charge in [-0.1, -0.05) is 11.6 Å². The molecule has 5 heteroatoms. The lowest BCUT2D eigenvalue weighted by molar-refractivity contribution is 0.0759. The number of halogens is 1. The number of Topliss-reactive ketones (excluding diaryl/α,β-unsaturated/α-hetero) is 1. The van der Waals surface area contributed by atoms with Crippen LogP contribution >= 0.6 is 11.6 Å². The van der Waals surface area contributed by atoms with Crippen LogP contribution in [-0.4, -0.2) is 30.6 Å². The van der Waals surface area contributed by atoms with Gasteiger partial charge in [-0.15, -0.1) is 0 Å². The average Bonchev–Trinajstić information content (AvgIpc) is 2.33. The van der Waals surface area contributed by atoms with Crippen LogP contribution in [0.5, 0.6) is 5.75 Å². The monoisotopic (exact) mass is 257 g/mol. The zero-order valence-electron chi connectivity index (χ0n) is 10.1. The third kappa shape index (κ3) is 2.60. The molecule has 0 bridgehead atoms. The van der Waals surface area contributed by atoms with Crippen molar-refractivity contribution in [3.05, 3.63) is 27.8 Å². The van der Waals surface area contributed by atoms with E-state index < -0.39 is 11.9 Å². The van der Waals surface area contributed by atoms with E-state index in [1.54, 1.807) is 13.0 Å². The Balaban J connectivity index is 3.41. The van der Waals surface area contributed by atoms with Crippen LogP contribution in [0.2, 0.25) is 5.02 Å². The number of hydrogen-bond donors (Lipinski definition) is 2. The minimum Gasteiger partial charge on any atom is -0.496 e. The van der Waals surface area contributed by atoms with Crippen LogP contribution in [0, 0.1) is 13.8 Å². The van der Waals surface area contributed by atoms with Gasteiger partial charge in [0.25, 0.3) is 0 Å². The number of carbonyl (C=O) groups is 1. The lowest BCUT2D eigenvalue weighted by Crippen LogP contribution is -2.30. The Morgan fingerprint density at radius 2 is 2.18 bits per heavy atom. The zero-order chi connectivity index (χ0) is 13.2. The number of aryl methyl sites for hydroxylation is 1. The number of aliphatic hydroxyl groups is 1. The Morgan fingerprint density at radius 3 is 2.65 bits per heavy atom. The van der Waals surface area contributed by atoms with Crippen molar-refractivity contribution in [2.45, 2.75) is 20.0 Å². The first-order valence-corrected chi connectivity index (χ1v) is 5.57. The molecule has 17 heavy (non-hydrogen) atoms. The Hall–Kier alpha value is -1.10. The van der Waals surface area contributed by atoms with Gasteiger partial charge in [0, 0.05) is 11.6 Å². The van der Waals surface area contributed by atoms with Crippen molar-refractivity contribution >= 4 is 17.4 Å². The van der Waals surface area contributed by atoms with Crippen LogP contribution in [-0.2, 0) is 0 Å². The highest BCUT2D eigenvalue weighted by atomic mass is 35.5. The molecule has 0 saturated carbocycles. The van der Waals surface area contributed by atoms with E-state index in [4.69, 9.17) is 22.1 Å². The maximum atomic E-state index is 12.0. The predicted molar refractivity (Wildman–Crippen MR) is 66.9 cm³/mol. The molecule has 4 nitrogen and oxygen atoms in total. The van der Waals surface area contributed by atoms with Gasteiger partial charge in [-0.05, 0) is 31.0 Å². The quantitative estimate of drug-likeness (QED) is 0.801. The first-order chi connectivity index (χ1) is 7.93. The maximum Gasteiger partial charge on any atom is 0.196 e. The summed E-state index contributed by atoms with van der Waals surface area (Å²) in [6.45, 7) is 3.41. The summed E-state index contributed by atoms with van der Waals surface area (Å²) < 4.78 is 5.15. The van der Waals surface area contributed by atoms with Crippen molar-refractivity contribution in [2.24, 2.45) is 5.73 Å². The molecule has 0 spiro atoms. The van der Waals surface area contributed by atoms with Crippen molar-refractivity contribution in [2.75, 3.05) is 13.7 Å². The summed E-state index contributed by atoms with van der Waals surface area (Å²) in [5, 5.41) is 10.0. The second-order valence-corrected chi connectivity index (χ2v) is 4.20. The van der Waals surface area contributed by atoms with Crippen molar-refractivity contribution < 1.29 is 14.6 Å². The summed E-state index contributed by atoms with van der Waals surface area (Å²) >= 11 is 6.08. The highest BCUT2D eigenvalue weighted by Gasteiger charge is 2.24. The first kappa shape index (κ1) is 14.0. The van der Waals surface area contributed by atoms with Crippen LogP contribution < -0.4 is 10.5 Å². The Labute approximate surface area is 105 Å². The molecule has 0 saturated heterocycles. The van der Waals surface area contributed by atoms with Gasteiger partial charge in [0.15, 0.2) is 5.78 Å². The minimum atomic E-state index is -1.23. The number of carbonyl (C=O) groups excluding carboxylic acids is 1. The number of hydrogen-bond acceptors (Lipinski definition) is 4. The fourth-order valence-corrected chi connectivity index (χ4v) is 1.81. The summed E-state index contributed by atoms with van der Waals surface area (Å²) in [7, 11) is 1.47. The third-order valence-electron chi connectivity index (χ3n) is 2.64. The fraction of sp³-hybridized carbons (Fsp3) is 0.417. The normalized spacial score (nSPS) is 12.4. The van der Waals surface area contributed by atoms with Gasteiger partial charge in [0.2, 0.25) is 0 Å². The van der Waals surface area contributed by atoms with E-state index >= 15 is 0 Å². The molecule has 0 amide bonds. The molecule has 3 N–H and O–H groups in total. The number of rotatable bonds is 4. The summed E-state index contributed by atoms with van der Waals surface area (Å²) in [6.07, 6.45) is -1.23. The van der Waals surface area contributed by atoms with Crippen molar-refractivity contribution in [1.29, 1.82) is 0 Å². The molecule has 0 aromatic heterocycles. The average molecular weight is 258 g/mol. The maximum absolute atomic E-state index is 12.0. The molecule has 0 radical (unpaired) electrons. The number of ketones is 1. The van der Waals surface area contributed by atoms with E-state index in [1.807, 2.05) is 6.92 Å². The van der Waals surface area contributed by atoms with Crippen LogP contribution in [0.15, 0.2) is 6.07 Å². The fourth-order valence-electron chi connectivity index (χ4n) is 1.66. The standard InChI is InChI=1S/C12H16ClNO3/c1-6-4-9(17-3)10(7(2)11(6)13)12(16)8(15)5-14/h4,8,15H,5,14H2,1-3H3. The second-order valence-electron chi connectivity index (χ2n) is 3.83. The van der Waals surface area contributed by atoms with Crippen molar-refractivity contribution in [3.63, 3.8) is 0 Å². The number of methoxy groups -OCH3 is 1. The van der Waals surface area contributed by atoms with Gasteiger partial charge in [-0.3, -0.25) is 4.79 Å². The Morgan fingerprint density at radius 1 is 1.59 bits per heavy atom. The van der Waals surface area contributed by atoms with E-state index in [2.05, 4.69) is 0 Å². The molecule has 0 aliphatic heterocycles. The number of ether oxygens (including phenoxy) is 1. The topological polar surface area (TPSA) is 72.5 Å². The molecular weight excluding hydrogens is 242 g/mol. The zero-order valence-corrected chi connectivity index (χ0v) is 10.8. The van der Waals surface area contributed by atoms with E-state index in [-0.39, 0.29) is 6.54 Å². The molecule has 1 rings (SSSR count). The SMILES string of the molecule is COc1cc(C)c(Cl)c(C)c1C(=O)C(O)CN. The van der Waals surface area contributed by atoms with Gasteiger partial charge in [-0.2, -0.15) is 0 Å². The van der Waals surface area contributed by atoms with Gasteiger partial charge < -0.3 is 15.6 Å². The lowest BCUT2D eigenvalue weighted by atomic mass is 9.97. The van der Waals surface area contributed by atoms with E-state index in [0.29, 0.717) is 21.9 Å². The van der Waals surface area contributed by atoms with E-state index in [0.717, 1.165) is 5.56 Å². The minimum absolute atomic E-state index is 0.132. The molecule has 1 aromatic rings. The van der Waals surface area contributed by atoms with E-state index in [9.17, 15) is 9.90 Å². The number of benzene rings is 1. The summed E-state index contributed by atoms with van der Waals surface area (Å²) in [5.41, 5.74) is 6.99. The second kappa shape index (κ2) is 5.49. The highest BCUT2D eigenvalue weighted by molar-refractivity contribution is 6.32. The molecule has 1 aromatic carbocycles.